The van der Waals surface area contributed by atoms with E-state index in [0.717, 1.165) is 16.7 Å². The smallest absolute Gasteiger partial charge is 0.268 e. The van der Waals surface area contributed by atoms with Gasteiger partial charge in [-0.3, -0.25) is 4.79 Å². The van der Waals surface area contributed by atoms with E-state index in [2.05, 4.69) is 10.3 Å². The number of benzene rings is 1. The highest BCUT2D eigenvalue weighted by molar-refractivity contribution is 7.89. The predicted molar refractivity (Wildman–Crippen MR) is 102 cm³/mol. The number of morpholine rings is 1. The van der Waals surface area contributed by atoms with Crippen LogP contribution in [0, 0.1) is 13.8 Å². The molecule has 0 bridgehead atoms. The zero-order valence-corrected chi connectivity index (χ0v) is 16.6. The lowest BCUT2D eigenvalue weighted by Crippen LogP contribution is -2.40. The SMILES string of the molecule is Cc1ccc(C)c(C(C)NC(=O)c2cc(S(=O)(=O)N3CCOCC3)c[nH]2)c1. The number of carbonyl (C=O) groups is 1. The van der Waals surface area contributed by atoms with Gasteiger partial charge in [0.2, 0.25) is 10.0 Å². The molecule has 0 saturated carbocycles. The molecule has 1 saturated heterocycles. The number of sulfonamides is 1. The first-order valence-electron chi connectivity index (χ1n) is 8.93. The molecular formula is C19H25N3O4S. The highest BCUT2D eigenvalue weighted by atomic mass is 32.2. The van der Waals surface area contributed by atoms with Gasteiger partial charge in [0.05, 0.1) is 19.3 Å². The Bertz CT molecular complexity index is 930. The topological polar surface area (TPSA) is 91.5 Å². The molecule has 3 rings (SSSR count). The first-order chi connectivity index (χ1) is 12.8. The third-order valence-electron chi connectivity index (χ3n) is 4.76. The molecule has 1 aliphatic rings. The van der Waals surface area contributed by atoms with Crippen LogP contribution >= 0.6 is 0 Å². The van der Waals surface area contributed by atoms with Crippen molar-refractivity contribution in [3.05, 3.63) is 52.8 Å². The molecular weight excluding hydrogens is 366 g/mol. The van der Waals surface area contributed by atoms with Gasteiger partial charge in [0.1, 0.15) is 10.6 Å². The molecule has 0 aliphatic carbocycles. The van der Waals surface area contributed by atoms with Crippen molar-refractivity contribution in [1.82, 2.24) is 14.6 Å². The van der Waals surface area contributed by atoms with Crippen LogP contribution in [0.3, 0.4) is 0 Å². The maximum atomic E-state index is 12.7. The molecule has 2 heterocycles. The van der Waals surface area contributed by atoms with Gasteiger partial charge in [-0.2, -0.15) is 4.31 Å². The Morgan fingerprint density at radius 3 is 2.63 bits per heavy atom. The number of aromatic nitrogens is 1. The summed E-state index contributed by atoms with van der Waals surface area (Å²) in [6.45, 7) is 7.31. The zero-order valence-electron chi connectivity index (χ0n) is 15.8. The van der Waals surface area contributed by atoms with Crippen LogP contribution in [0.1, 0.15) is 40.1 Å². The standard InChI is InChI=1S/C19H25N3O4S/c1-13-4-5-14(2)17(10-13)15(3)21-19(23)18-11-16(12-20-18)27(24,25)22-6-8-26-9-7-22/h4-5,10-12,15,20H,6-9H2,1-3H3,(H,21,23). The third-order valence-corrected chi connectivity index (χ3v) is 6.63. The number of carbonyl (C=O) groups excluding carboxylic acids is 1. The Morgan fingerprint density at radius 1 is 1.22 bits per heavy atom. The van der Waals surface area contributed by atoms with E-state index in [9.17, 15) is 13.2 Å². The minimum absolute atomic E-state index is 0.0916. The number of H-pyrrole nitrogens is 1. The van der Waals surface area contributed by atoms with Gasteiger partial charge in [-0.25, -0.2) is 8.42 Å². The van der Waals surface area contributed by atoms with Crippen LogP contribution in [0.25, 0.3) is 0 Å². The van der Waals surface area contributed by atoms with E-state index in [1.807, 2.05) is 39.0 Å². The summed E-state index contributed by atoms with van der Waals surface area (Å²) in [5.41, 5.74) is 3.47. The Hall–Kier alpha value is -2.16. The van der Waals surface area contributed by atoms with Crippen LogP contribution in [-0.2, 0) is 14.8 Å². The highest BCUT2D eigenvalue weighted by Crippen LogP contribution is 2.21. The number of aryl methyl sites for hydroxylation is 2. The van der Waals surface area contributed by atoms with Crippen molar-refractivity contribution in [3.63, 3.8) is 0 Å². The molecule has 1 amide bonds. The first-order valence-corrected chi connectivity index (χ1v) is 10.4. The Morgan fingerprint density at radius 2 is 1.93 bits per heavy atom. The number of nitrogens with one attached hydrogen (secondary N) is 2. The monoisotopic (exact) mass is 391 g/mol. The quantitative estimate of drug-likeness (QED) is 0.817. The van der Waals surface area contributed by atoms with Crippen LogP contribution < -0.4 is 5.32 Å². The molecule has 1 atom stereocenters. The fraction of sp³-hybridized carbons (Fsp3) is 0.421. The Balaban J connectivity index is 1.74. The molecule has 1 unspecified atom stereocenters. The zero-order chi connectivity index (χ0) is 19.6. The van der Waals surface area contributed by atoms with Gasteiger partial charge in [0, 0.05) is 19.3 Å². The van der Waals surface area contributed by atoms with Crippen LogP contribution in [0.4, 0.5) is 0 Å². The average Bonchev–Trinajstić information content (AvgIpc) is 3.15. The first kappa shape index (κ1) is 19.6. The van der Waals surface area contributed by atoms with Crippen LogP contribution in [0.15, 0.2) is 35.4 Å². The molecule has 1 aromatic carbocycles. The van der Waals surface area contributed by atoms with E-state index < -0.39 is 10.0 Å². The maximum Gasteiger partial charge on any atom is 0.268 e. The number of nitrogens with zero attached hydrogens (tertiary/aromatic N) is 1. The van der Waals surface area contributed by atoms with Gasteiger partial charge in [-0.15, -0.1) is 0 Å². The van der Waals surface area contributed by atoms with Crippen molar-refractivity contribution in [2.24, 2.45) is 0 Å². The van der Waals surface area contributed by atoms with Gasteiger partial charge < -0.3 is 15.0 Å². The summed E-state index contributed by atoms with van der Waals surface area (Å²) in [7, 11) is -3.63. The summed E-state index contributed by atoms with van der Waals surface area (Å²) in [5.74, 6) is -0.341. The normalized spacial score (nSPS) is 16.9. The molecule has 2 N–H and O–H groups in total. The van der Waals surface area contributed by atoms with Crippen molar-refractivity contribution in [2.45, 2.75) is 31.7 Å². The van der Waals surface area contributed by atoms with E-state index in [1.54, 1.807) is 0 Å². The van der Waals surface area contributed by atoms with Gasteiger partial charge in [-0.05, 0) is 38.0 Å². The van der Waals surface area contributed by atoms with Crippen LogP contribution in [-0.4, -0.2) is 49.9 Å². The maximum absolute atomic E-state index is 12.7. The summed E-state index contributed by atoms with van der Waals surface area (Å²) >= 11 is 0. The Kier molecular flexibility index (Phi) is 5.69. The van der Waals surface area contributed by atoms with Gasteiger partial charge in [0.25, 0.3) is 5.91 Å². The summed E-state index contributed by atoms with van der Waals surface area (Å²) < 4.78 is 31.9. The highest BCUT2D eigenvalue weighted by Gasteiger charge is 2.28. The van der Waals surface area contributed by atoms with Crippen LogP contribution in [0.5, 0.6) is 0 Å². The number of ether oxygens (including phenoxy) is 1. The fourth-order valence-electron chi connectivity index (χ4n) is 3.17. The minimum atomic E-state index is -3.63. The second-order valence-corrected chi connectivity index (χ2v) is 8.76. The van der Waals surface area contributed by atoms with E-state index in [-0.39, 0.29) is 22.5 Å². The molecule has 7 nitrogen and oxygen atoms in total. The van der Waals surface area contributed by atoms with E-state index in [4.69, 9.17) is 4.74 Å². The predicted octanol–water partition coefficient (Wildman–Crippen LogP) is 2.14. The van der Waals surface area contributed by atoms with Crippen LogP contribution in [0.2, 0.25) is 0 Å². The molecule has 0 spiro atoms. The van der Waals surface area contributed by atoms with Crippen molar-refractivity contribution >= 4 is 15.9 Å². The molecule has 2 aromatic rings. The molecule has 8 heteroatoms. The molecule has 1 fully saturated rings. The number of aromatic amines is 1. The molecule has 1 aliphatic heterocycles. The summed E-state index contributed by atoms with van der Waals surface area (Å²) in [4.78, 5) is 15.4. The van der Waals surface area contributed by atoms with Gasteiger partial charge in [-0.1, -0.05) is 23.8 Å². The average molecular weight is 391 g/mol. The molecule has 1 aromatic heterocycles. The number of amides is 1. The molecule has 27 heavy (non-hydrogen) atoms. The van der Waals surface area contributed by atoms with Crippen molar-refractivity contribution in [3.8, 4) is 0 Å². The summed E-state index contributed by atoms with van der Waals surface area (Å²) in [6.07, 6.45) is 1.36. The second-order valence-electron chi connectivity index (χ2n) is 6.82. The summed E-state index contributed by atoms with van der Waals surface area (Å²) in [5, 5.41) is 2.93. The van der Waals surface area contributed by atoms with Crippen molar-refractivity contribution in [2.75, 3.05) is 26.3 Å². The lowest BCUT2D eigenvalue weighted by atomic mass is 10.00. The summed E-state index contributed by atoms with van der Waals surface area (Å²) in [6, 6.07) is 7.29. The fourth-order valence-corrected chi connectivity index (χ4v) is 4.57. The molecule has 146 valence electrons. The van der Waals surface area contributed by atoms with E-state index in [1.165, 1.54) is 16.6 Å². The third kappa shape index (κ3) is 4.23. The van der Waals surface area contributed by atoms with Crippen molar-refractivity contribution in [1.29, 1.82) is 0 Å². The van der Waals surface area contributed by atoms with Crippen molar-refractivity contribution < 1.29 is 17.9 Å². The van der Waals surface area contributed by atoms with E-state index in [0.29, 0.717) is 26.3 Å². The lowest BCUT2D eigenvalue weighted by Gasteiger charge is -2.25. The van der Waals surface area contributed by atoms with E-state index >= 15 is 0 Å². The number of hydrogen-bond donors (Lipinski definition) is 2. The Labute approximate surface area is 159 Å². The largest absolute Gasteiger partial charge is 0.379 e. The lowest BCUT2D eigenvalue weighted by molar-refractivity contribution is 0.0730. The minimum Gasteiger partial charge on any atom is -0.379 e. The molecule has 0 radical (unpaired) electrons. The second kappa shape index (κ2) is 7.84. The number of hydrogen-bond acceptors (Lipinski definition) is 4. The van der Waals surface area contributed by atoms with Gasteiger partial charge >= 0.3 is 0 Å². The number of rotatable bonds is 5. The van der Waals surface area contributed by atoms with Gasteiger partial charge in [0.15, 0.2) is 0 Å².